The standard InChI is InChI=1S/C13H17NO2/c15-13-10-16-9-12(13)14-8-4-7-11-5-2-1-3-6-11/h1-7,12-15H,8-10H2/b7-4+. The minimum Gasteiger partial charge on any atom is -0.389 e. The van der Waals surface area contributed by atoms with E-state index in [4.69, 9.17) is 4.74 Å². The lowest BCUT2D eigenvalue weighted by atomic mass is 10.2. The van der Waals surface area contributed by atoms with E-state index >= 15 is 0 Å². The summed E-state index contributed by atoms with van der Waals surface area (Å²) in [6.45, 7) is 1.79. The summed E-state index contributed by atoms with van der Waals surface area (Å²) in [6.07, 6.45) is 3.75. The van der Waals surface area contributed by atoms with Gasteiger partial charge >= 0.3 is 0 Å². The van der Waals surface area contributed by atoms with Gasteiger partial charge in [0.1, 0.15) is 0 Å². The first-order valence-corrected chi connectivity index (χ1v) is 5.57. The minimum absolute atomic E-state index is 0.0698. The Morgan fingerprint density at radius 3 is 2.81 bits per heavy atom. The van der Waals surface area contributed by atoms with E-state index in [1.807, 2.05) is 18.2 Å². The third-order valence-electron chi connectivity index (χ3n) is 2.66. The average molecular weight is 219 g/mol. The molecule has 0 spiro atoms. The van der Waals surface area contributed by atoms with Gasteiger partial charge in [-0.25, -0.2) is 0 Å². The molecular formula is C13H17NO2. The van der Waals surface area contributed by atoms with Gasteiger partial charge in [-0.3, -0.25) is 0 Å². The normalized spacial score (nSPS) is 25.3. The zero-order valence-electron chi connectivity index (χ0n) is 9.17. The number of aliphatic hydroxyl groups excluding tert-OH is 1. The molecule has 2 rings (SSSR count). The van der Waals surface area contributed by atoms with Crippen LogP contribution in [-0.2, 0) is 4.74 Å². The Hall–Kier alpha value is -1.16. The fourth-order valence-corrected chi connectivity index (χ4v) is 1.72. The molecule has 2 N–H and O–H groups in total. The van der Waals surface area contributed by atoms with Crippen LogP contribution >= 0.6 is 0 Å². The zero-order chi connectivity index (χ0) is 11.2. The highest BCUT2D eigenvalue weighted by Crippen LogP contribution is 2.05. The quantitative estimate of drug-likeness (QED) is 0.795. The number of hydrogen-bond acceptors (Lipinski definition) is 3. The smallest absolute Gasteiger partial charge is 0.0948 e. The lowest BCUT2D eigenvalue weighted by Gasteiger charge is -2.12. The van der Waals surface area contributed by atoms with E-state index in [1.54, 1.807) is 0 Å². The molecule has 16 heavy (non-hydrogen) atoms. The molecular weight excluding hydrogens is 202 g/mol. The van der Waals surface area contributed by atoms with Crippen LogP contribution in [-0.4, -0.2) is 37.0 Å². The number of rotatable bonds is 4. The number of aliphatic hydroxyl groups is 1. The highest BCUT2D eigenvalue weighted by Gasteiger charge is 2.24. The van der Waals surface area contributed by atoms with E-state index in [2.05, 4.69) is 29.6 Å². The van der Waals surface area contributed by atoms with Gasteiger partial charge in [-0.15, -0.1) is 0 Å². The van der Waals surface area contributed by atoms with Crippen LogP contribution in [0.2, 0.25) is 0 Å². The van der Waals surface area contributed by atoms with Crippen LogP contribution in [0, 0.1) is 0 Å². The Balaban J connectivity index is 1.73. The van der Waals surface area contributed by atoms with Crippen molar-refractivity contribution in [3.05, 3.63) is 42.0 Å². The molecule has 0 bridgehead atoms. The topological polar surface area (TPSA) is 41.5 Å². The van der Waals surface area contributed by atoms with Gasteiger partial charge in [0.25, 0.3) is 0 Å². The molecule has 1 aromatic rings. The summed E-state index contributed by atoms with van der Waals surface area (Å²) in [4.78, 5) is 0. The number of nitrogens with one attached hydrogen (secondary N) is 1. The maximum Gasteiger partial charge on any atom is 0.0948 e. The van der Waals surface area contributed by atoms with Crippen molar-refractivity contribution in [3.8, 4) is 0 Å². The molecule has 1 fully saturated rings. The lowest BCUT2D eigenvalue weighted by Crippen LogP contribution is -2.38. The molecule has 0 radical (unpaired) electrons. The second-order valence-electron chi connectivity index (χ2n) is 3.93. The van der Waals surface area contributed by atoms with Crippen LogP contribution in [0.5, 0.6) is 0 Å². The minimum atomic E-state index is -0.370. The predicted octanol–water partition coefficient (Wildman–Crippen LogP) is 1.05. The van der Waals surface area contributed by atoms with Crippen molar-refractivity contribution >= 4 is 6.08 Å². The van der Waals surface area contributed by atoms with E-state index in [9.17, 15) is 5.11 Å². The lowest BCUT2D eigenvalue weighted by molar-refractivity contribution is 0.122. The summed E-state index contributed by atoms with van der Waals surface area (Å²) >= 11 is 0. The van der Waals surface area contributed by atoms with Crippen LogP contribution in [0.15, 0.2) is 36.4 Å². The SMILES string of the molecule is OC1COCC1NC/C=C/c1ccccc1. The summed E-state index contributed by atoms with van der Waals surface area (Å²) in [5.41, 5.74) is 1.19. The van der Waals surface area contributed by atoms with Gasteiger partial charge in [0.15, 0.2) is 0 Å². The van der Waals surface area contributed by atoms with Gasteiger partial charge < -0.3 is 15.2 Å². The van der Waals surface area contributed by atoms with E-state index in [0.717, 1.165) is 6.54 Å². The maximum atomic E-state index is 9.49. The molecule has 0 aromatic heterocycles. The molecule has 3 nitrogen and oxygen atoms in total. The molecule has 1 aromatic carbocycles. The van der Waals surface area contributed by atoms with Crippen LogP contribution in [0.25, 0.3) is 6.08 Å². The Morgan fingerprint density at radius 1 is 1.31 bits per heavy atom. The van der Waals surface area contributed by atoms with Crippen molar-refractivity contribution in [2.45, 2.75) is 12.1 Å². The predicted molar refractivity (Wildman–Crippen MR) is 64.1 cm³/mol. The average Bonchev–Trinajstić information content (AvgIpc) is 2.72. The molecule has 0 saturated carbocycles. The van der Waals surface area contributed by atoms with Gasteiger partial charge in [-0.05, 0) is 5.56 Å². The molecule has 0 amide bonds. The largest absolute Gasteiger partial charge is 0.389 e. The van der Waals surface area contributed by atoms with Crippen molar-refractivity contribution in [2.75, 3.05) is 19.8 Å². The first-order chi connectivity index (χ1) is 7.86. The second-order valence-corrected chi connectivity index (χ2v) is 3.93. The number of hydrogen-bond donors (Lipinski definition) is 2. The first kappa shape index (κ1) is 11.3. The molecule has 86 valence electrons. The fourth-order valence-electron chi connectivity index (χ4n) is 1.72. The van der Waals surface area contributed by atoms with Crippen LogP contribution in [0.3, 0.4) is 0 Å². The second kappa shape index (κ2) is 5.80. The van der Waals surface area contributed by atoms with Gasteiger partial charge in [0, 0.05) is 6.54 Å². The highest BCUT2D eigenvalue weighted by molar-refractivity contribution is 5.48. The van der Waals surface area contributed by atoms with Crippen molar-refractivity contribution in [3.63, 3.8) is 0 Å². The van der Waals surface area contributed by atoms with Crippen LogP contribution < -0.4 is 5.32 Å². The molecule has 1 aliphatic heterocycles. The molecule has 2 atom stereocenters. The zero-order valence-corrected chi connectivity index (χ0v) is 9.17. The monoisotopic (exact) mass is 219 g/mol. The summed E-state index contributed by atoms with van der Waals surface area (Å²) in [7, 11) is 0. The molecule has 3 heteroatoms. The van der Waals surface area contributed by atoms with E-state index in [0.29, 0.717) is 13.2 Å². The van der Waals surface area contributed by atoms with Crippen LogP contribution in [0.1, 0.15) is 5.56 Å². The summed E-state index contributed by atoms with van der Waals surface area (Å²) in [5, 5.41) is 12.7. The highest BCUT2D eigenvalue weighted by atomic mass is 16.5. The molecule has 2 unspecified atom stereocenters. The number of ether oxygens (including phenoxy) is 1. The van der Waals surface area contributed by atoms with E-state index in [1.165, 1.54) is 5.56 Å². The Labute approximate surface area is 95.7 Å². The summed E-state index contributed by atoms with van der Waals surface area (Å²) in [6, 6.07) is 10.2. The van der Waals surface area contributed by atoms with E-state index < -0.39 is 0 Å². The fraction of sp³-hybridized carbons (Fsp3) is 0.385. The first-order valence-electron chi connectivity index (χ1n) is 5.57. The number of benzene rings is 1. The molecule has 1 aliphatic rings. The molecule has 0 aliphatic carbocycles. The van der Waals surface area contributed by atoms with Gasteiger partial charge in [-0.1, -0.05) is 42.5 Å². The van der Waals surface area contributed by atoms with Crippen molar-refractivity contribution < 1.29 is 9.84 Å². The van der Waals surface area contributed by atoms with Gasteiger partial charge in [-0.2, -0.15) is 0 Å². The molecule has 1 heterocycles. The van der Waals surface area contributed by atoms with Gasteiger partial charge in [0.2, 0.25) is 0 Å². The molecule has 1 saturated heterocycles. The summed E-state index contributed by atoms with van der Waals surface area (Å²) in [5.74, 6) is 0. The van der Waals surface area contributed by atoms with E-state index in [-0.39, 0.29) is 12.1 Å². The Morgan fingerprint density at radius 2 is 2.12 bits per heavy atom. The van der Waals surface area contributed by atoms with Crippen molar-refractivity contribution in [1.29, 1.82) is 0 Å². The summed E-state index contributed by atoms with van der Waals surface area (Å²) < 4.78 is 5.15. The Bertz CT molecular complexity index is 337. The van der Waals surface area contributed by atoms with Crippen LogP contribution in [0.4, 0.5) is 0 Å². The maximum absolute atomic E-state index is 9.49. The third kappa shape index (κ3) is 3.17. The Kier molecular flexibility index (Phi) is 4.10. The third-order valence-corrected chi connectivity index (χ3v) is 2.66. The van der Waals surface area contributed by atoms with Crippen molar-refractivity contribution in [1.82, 2.24) is 5.32 Å². The van der Waals surface area contributed by atoms with Gasteiger partial charge in [0.05, 0.1) is 25.4 Å². The van der Waals surface area contributed by atoms with Crippen molar-refractivity contribution in [2.24, 2.45) is 0 Å².